The maximum atomic E-state index is 13.7. The van der Waals surface area contributed by atoms with Crippen molar-refractivity contribution in [1.29, 1.82) is 0 Å². The second kappa shape index (κ2) is 9.60. The molecular weight excluding hydrogens is 376 g/mol. The number of benzene rings is 2. The number of rotatable bonds is 6. The Bertz CT molecular complexity index is 854. The van der Waals surface area contributed by atoms with Crippen molar-refractivity contribution >= 4 is 11.8 Å². The second-order valence-corrected chi connectivity index (χ2v) is 7.26. The van der Waals surface area contributed by atoms with Crippen LogP contribution in [0.4, 0.5) is 8.78 Å². The monoisotopic (exact) mass is 401 g/mol. The van der Waals surface area contributed by atoms with Crippen molar-refractivity contribution in [3.05, 3.63) is 71.3 Å². The predicted octanol–water partition coefficient (Wildman–Crippen LogP) is 2.64. The summed E-state index contributed by atoms with van der Waals surface area (Å²) in [7, 11) is 0. The largest absolute Gasteiger partial charge is 0.339 e. The Kier molecular flexibility index (Phi) is 6.93. The number of nitrogens with zero attached hydrogens (tertiary/aromatic N) is 2. The zero-order valence-corrected chi connectivity index (χ0v) is 16.4. The second-order valence-electron chi connectivity index (χ2n) is 7.26. The molecule has 1 N–H and O–H groups in total. The normalized spacial score (nSPS) is 15.1. The Labute approximate surface area is 169 Å². The van der Waals surface area contributed by atoms with E-state index in [1.165, 1.54) is 11.0 Å². The minimum Gasteiger partial charge on any atom is -0.339 e. The Balaban J connectivity index is 1.80. The average molecular weight is 401 g/mol. The molecule has 29 heavy (non-hydrogen) atoms. The van der Waals surface area contributed by atoms with Gasteiger partial charge in [-0.15, -0.1) is 0 Å². The third-order valence-electron chi connectivity index (χ3n) is 5.11. The fraction of sp³-hybridized carbons (Fsp3) is 0.364. The molecule has 1 aliphatic rings. The molecule has 7 heteroatoms. The van der Waals surface area contributed by atoms with Crippen molar-refractivity contribution in [3.8, 4) is 0 Å². The van der Waals surface area contributed by atoms with Gasteiger partial charge in [0.1, 0.15) is 6.54 Å². The van der Waals surface area contributed by atoms with Crippen LogP contribution in [0.1, 0.15) is 28.8 Å². The number of carbonyl (C=O) groups is 2. The van der Waals surface area contributed by atoms with E-state index in [0.29, 0.717) is 32.7 Å². The summed E-state index contributed by atoms with van der Waals surface area (Å²) in [6.07, 6.45) is 0. The van der Waals surface area contributed by atoms with Gasteiger partial charge in [0.2, 0.25) is 5.91 Å². The Morgan fingerprint density at radius 2 is 1.76 bits per heavy atom. The molecule has 1 atom stereocenters. The lowest BCUT2D eigenvalue weighted by molar-refractivity contribution is -0.132. The highest BCUT2D eigenvalue weighted by Gasteiger charge is 2.25. The molecule has 0 aromatic heterocycles. The molecule has 0 unspecified atom stereocenters. The first kappa shape index (κ1) is 20.9. The lowest BCUT2D eigenvalue weighted by Crippen LogP contribution is -2.50. The highest BCUT2D eigenvalue weighted by molar-refractivity contribution is 5.96. The molecule has 0 bridgehead atoms. The van der Waals surface area contributed by atoms with E-state index < -0.39 is 17.5 Å². The van der Waals surface area contributed by atoms with Crippen LogP contribution in [0.5, 0.6) is 0 Å². The van der Waals surface area contributed by atoms with E-state index in [0.717, 1.165) is 17.7 Å². The fourth-order valence-electron chi connectivity index (χ4n) is 3.43. The van der Waals surface area contributed by atoms with Gasteiger partial charge in [0, 0.05) is 38.3 Å². The van der Waals surface area contributed by atoms with Crippen LogP contribution in [-0.2, 0) is 4.79 Å². The van der Waals surface area contributed by atoms with Gasteiger partial charge in [-0.05, 0) is 29.7 Å². The number of piperazine rings is 1. The van der Waals surface area contributed by atoms with Gasteiger partial charge >= 0.3 is 0 Å². The molecule has 1 aliphatic heterocycles. The van der Waals surface area contributed by atoms with Crippen molar-refractivity contribution in [2.45, 2.75) is 12.8 Å². The van der Waals surface area contributed by atoms with Crippen LogP contribution in [0.25, 0.3) is 0 Å². The Morgan fingerprint density at radius 3 is 2.41 bits per heavy atom. The summed E-state index contributed by atoms with van der Waals surface area (Å²) >= 11 is 0. The summed E-state index contributed by atoms with van der Waals surface area (Å²) in [6, 6.07) is 12.7. The van der Waals surface area contributed by atoms with Crippen LogP contribution < -0.4 is 5.32 Å². The molecule has 0 radical (unpaired) electrons. The van der Waals surface area contributed by atoms with Gasteiger partial charge in [0.15, 0.2) is 11.6 Å². The lowest BCUT2D eigenvalue weighted by atomic mass is 10.00. The highest BCUT2D eigenvalue weighted by atomic mass is 19.2. The molecule has 2 aromatic rings. The van der Waals surface area contributed by atoms with Crippen molar-refractivity contribution in [1.82, 2.24) is 15.1 Å². The first-order chi connectivity index (χ1) is 14.0. The van der Waals surface area contributed by atoms with Crippen molar-refractivity contribution < 1.29 is 18.4 Å². The number of halogens is 2. The van der Waals surface area contributed by atoms with E-state index in [1.54, 1.807) is 4.90 Å². The third kappa shape index (κ3) is 5.38. The molecule has 154 valence electrons. The SMILES string of the molecule is C[C@@H](CN(CC(=O)N1CCNCC1)C(=O)c1ccc(F)c(F)c1)c1ccccc1. The molecule has 1 saturated heterocycles. The smallest absolute Gasteiger partial charge is 0.254 e. The summed E-state index contributed by atoms with van der Waals surface area (Å²) in [5, 5.41) is 3.19. The van der Waals surface area contributed by atoms with E-state index in [9.17, 15) is 18.4 Å². The predicted molar refractivity (Wildman–Crippen MR) is 107 cm³/mol. The van der Waals surface area contributed by atoms with Crippen LogP contribution in [0, 0.1) is 11.6 Å². The molecule has 0 saturated carbocycles. The number of carbonyl (C=O) groups excluding carboxylic acids is 2. The number of hydrogen-bond donors (Lipinski definition) is 1. The fourth-order valence-corrected chi connectivity index (χ4v) is 3.43. The van der Waals surface area contributed by atoms with Crippen LogP contribution in [0.3, 0.4) is 0 Å². The van der Waals surface area contributed by atoms with Gasteiger partial charge in [-0.25, -0.2) is 8.78 Å². The van der Waals surface area contributed by atoms with Crippen LogP contribution in [0.15, 0.2) is 48.5 Å². The van der Waals surface area contributed by atoms with E-state index in [4.69, 9.17) is 0 Å². The molecule has 1 heterocycles. The third-order valence-corrected chi connectivity index (χ3v) is 5.11. The number of amides is 2. The van der Waals surface area contributed by atoms with E-state index in [-0.39, 0.29) is 23.9 Å². The number of hydrogen-bond acceptors (Lipinski definition) is 3. The van der Waals surface area contributed by atoms with Crippen molar-refractivity contribution in [3.63, 3.8) is 0 Å². The quantitative estimate of drug-likeness (QED) is 0.810. The Hall–Kier alpha value is -2.80. The molecule has 2 amide bonds. The average Bonchev–Trinajstić information content (AvgIpc) is 2.75. The summed E-state index contributed by atoms with van der Waals surface area (Å²) in [5.41, 5.74) is 1.06. The molecule has 1 fully saturated rings. The topological polar surface area (TPSA) is 52.7 Å². The summed E-state index contributed by atoms with van der Waals surface area (Å²) in [6.45, 7) is 4.75. The van der Waals surface area contributed by atoms with Crippen LogP contribution in [-0.4, -0.2) is 60.9 Å². The lowest BCUT2D eigenvalue weighted by Gasteiger charge is -2.31. The minimum absolute atomic E-state index is 0.0253. The van der Waals surface area contributed by atoms with Crippen LogP contribution in [0.2, 0.25) is 0 Å². The Morgan fingerprint density at radius 1 is 1.07 bits per heavy atom. The van der Waals surface area contributed by atoms with Crippen molar-refractivity contribution in [2.75, 3.05) is 39.3 Å². The van der Waals surface area contributed by atoms with E-state index in [2.05, 4.69) is 5.32 Å². The molecule has 3 rings (SSSR count). The zero-order chi connectivity index (χ0) is 20.8. The molecule has 2 aromatic carbocycles. The van der Waals surface area contributed by atoms with Gasteiger partial charge in [0.25, 0.3) is 5.91 Å². The minimum atomic E-state index is -1.08. The van der Waals surface area contributed by atoms with Gasteiger partial charge in [-0.3, -0.25) is 9.59 Å². The van der Waals surface area contributed by atoms with Gasteiger partial charge in [0.05, 0.1) is 0 Å². The van der Waals surface area contributed by atoms with Gasteiger partial charge in [-0.2, -0.15) is 0 Å². The van der Waals surface area contributed by atoms with Crippen LogP contribution >= 0.6 is 0 Å². The summed E-state index contributed by atoms with van der Waals surface area (Å²) < 4.78 is 26.9. The molecule has 0 aliphatic carbocycles. The molecule has 5 nitrogen and oxygen atoms in total. The molecular formula is C22H25F2N3O2. The maximum absolute atomic E-state index is 13.7. The number of nitrogens with one attached hydrogen (secondary N) is 1. The summed E-state index contributed by atoms with van der Waals surface area (Å²) in [4.78, 5) is 28.9. The maximum Gasteiger partial charge on any atom is 0.254 e. The van der Waals surface area contributed by atoms with Gasteiger partial charge < -0.3 is 15.1 Å². The van der Waals surface area contributed by atoms with Crippen molar-refractivity contribution in [2.24, 2.45) is 0 Å². The first-order valence-electron chi connectivity index (χ1n) is 9.73. The summed E-state index contributed by atoms with van der Waals surface area (Å²) in [5.74, 6) is -2.76. The highest BCUT2D eigenvalue weighted by Crippen LogP contribution is 2.19. The van der Waals surface area contributed by atoms with E-state index in [1.807, 2.05) is 37.3 Å². The van der Waals surface area contributed by atoms with E-state index >= 15 is 0 Å². The first-order valence-corrected chi connectivity index (χ1v) is 9.73. The standard InChI is InChI=1S/C22H25F2N3O2/c1-16(17-5-3-2-4-6-17)14-27(15-21(28)26-11-9-25-10-12-26)22(29)18-7-8-19(23)20(24)13-18/h2-8,13,16,25H,9-12,14-15H2,1H3/t16-/m0/s1. The molecule has 0 spiro atoms. The zero-order valence-electron chi connectivity index (χ0n) is 16.4. The van der Waals surface area contributed by atoms with Gasteiger partial charge in [-0.1, -0.05) is 37.3 Å².